The minimum Gasteiger partial charge on any atom is -0.371 e. The van der Waals surface area contributed by atoms with Crippen LogP contribution in [0.25, 0.3) is 0 Å². The molecule has 2 saturated heterocycles. The highest BCUT2D eigenvalue weighted by Gasteiger charge is 2.44. The second-order valence-electron chi connectivity index (χ2n) is 5.24. The summed E-state index contributed by atoms with van der Waals surface area (Å²) in [7, 11) is 2.13. The van der Waals surface area contributed by atoms with Crippen LogP contribution in [0.4, 0.5) is 0 Å². The molecule has 0 aromatic rings. The second kappa shape index (κ2) is 3.87. The summed E-state index contributed by atoms with van der Waals surface area (Å²) in [4.78, 5) is 14.2. The molecule has 0 saturated carbocycles. The molecule has 0 aliphatic carbocycles. The van der Waals surface area contributed by atoms with Gasteiger partial charge in [-0.3, -0.25) is 4.79 Å². The number of ketones is 1. The smallest absolute Gasteiger partial charge is 0.141 e. The van der Waals surface area contributed by atoms with Crippen LogP contribution in [0.2, 0.25) is 0 Å². The number of likely N-dealkylation sites (tertiary alicyclic amines) is 1. The third-order valence-electron chi connectivity index (χ3n) is 4.04. The Kier molecular flexibility index (Phi) is 2.86. The van der Waals surface area contributed by atoms with Crippen LogP contribution < -0.4 is 0 Å². The van der Waals surface area contributed by atoms with E-state index in [1.807, 2.05) is 13.8 Å². The van der Waals surface area contributed by atoms with Gasteiger partial charge in [0, 0.05) is 25.4 Å². The van der Waals surface area contributed by atoms with Crippen LogP contribution in [0.1, 0.15) is 33.1 Å². The van der Waals surface area contributed by atoms with Crippen molar-refractivity contribution in [3.63, 3.8) is 0 Å². The SMILES string of the molecule is CC1OC2(CCN(C)CC2)CC(=O)C1C. The molecule has 2 unspecified atom stereocenters. The predicted octanol–water partition coefficient (Wildman–Crippen LogP) is 1.46. The second-order valence-corrected chi connectivity index (χ2v) is 5.24. The molecule has 2 aliphatic heterocycles. The van der Waals surface area contributed by atoms with Crippen molar-refractivity contribution in [2.75, 3.05) is 20.1 Å². The zero-order valence-corrected chi connectivity index (χ0v) is 9.95. The van der Waals surface area contributed by atoms with Crippen LogP contribution in [0.3, 0.4) is 0 Å². The Bertz CT molecular complexity index is 256. The summed E-state index contributed by atoms with van der Waals surface area (Å²) < 4.78 is 6.10. The summed E-state index contributed by atoms with van der Waals surface area (Å²) in [6, 6.07) is 0. The molecule has 15 heavy (non-hydrogen) atoms. The molecule has 2 heterocycles. The van der Waals surface area contributed by atoms with Gasteiger partial charge in [-0.25, -0.2) is 0 Å². The summed E-state index contributed by atoms with van der Waals surface area (Å²) >= 11 is 0. The molecule has 3 nitrogen and oxygen atoms in total. The van der Waals surface area contributed by atoms with Gasteiger partial charge in [0.1, 0.15) is 5.78 Å². The Hall–Kier alpha value is -0.410. The van der Waals surface area contributed by atoms with Crippen molar-refractivity contribution in [2.45, 2.75) is 44.8 Å². The highest BCUT2D eigenvalue weighted by molar-refractivity contribution is 5.83. The maximum absolute atomic E-state index is 11.9. The number of nitrogens with zero attached hydrogens (tertiary/aromatic N) is 1. The lowest BCUT2D eigenvalue weighted by molar-refractivity contribution is -0.175. The molecule has 0 N–H and O–H groups in total. The predicted molar refractivity (Wildman–Crippen MR) is 58.8 cm³/mol. The number of Topliss-reactive ketones (excluding diaryl/α,β-unsaturated/α-hetero) is 1. The topological polar surface area (TPSA) is 29.5 Å². The normalized spacial score (nSPS) is 37.1. The number of carbonyl (C=O) groups is 1. The van der Waals surface area contributed by atoms with Gasteiger partial charge in [0.05, 0.1) is 11.7 Å². The van der Waals surface area contributed by atoms with E-state index >= 15 is 0 Å². The lowest BCUT2D eigenvalue weighted by atomic mass is 9.79. The number of hydrogen-bond acceptors (Lipinski definition) is 3. The molecule has 1 spiro atoms. The van der Waals surface area contributed by atoms with Crippen LogP contribution in [0.5, 0.6) is 0 Å². The van der Waals surface area contributed by atoms with Gasteiger partial charge in [-0.1, -0.05) is 6.92 Å². The number of piperidine rings is 1. The van der Waals surface area contributed by atoms with E-state index in [1.54, 1.807) is 0 Å². The van der Waals surface area contributed by atoms with Gasteiger partial charge in [-0.05, 0) is 26.8 Å². The molecule has 2 rings (SSSR count). The maximum Gasteiger partial charge on any atom is 0.141 e. The van der Waals surface area contributed by atoms with Crippen molar-refractivity contribution < 1.29 is 9.53 Å². The minimum absolute atomic E-state index is 0.0790. The zero-order valence-electron chi connectivity index (χ0n) is 9.95. The Morgan fingerprint density at radius 2 is 1.93 bits per heavy atom. The summed E-state index contributed by atoms with van der Waals surface area (Å²) in [6.45, 7) is 6.11. The maximum atomic E-state index is 11.9. The van der Waals surface area contributed by atoms with Crippen LogP contribution >= 0.6 is 0 Å². The Morgan fingerprint density at radius 1 is 1.33 bits per heavy atom. The number of ether oxygens (including phenoxy) is 1. The zero-order chi connectivity index (χ0) is 11.1. The van der Waals surface area contributed by atoms with Crippen molar-refractivity contribution in [3.05, 3.63) is 0 Å². The molecule has 2 fully saturated rings. The summed E-state index contributed by atoms with van der Waals surface area (Å²) in [5, 5.41) is 0. The van der Waals surface area contributed by atoms with Crippen molar-refractivity contribution in [2.24, 2.45) is 5.92 Å². The van der Waals surface area contributed by atoms with Gasteiger partial charge in [-0.15, -0.1) is 0 Å². The van der Waals surface area contributed by atoms with E-state index in [4.69, 9.17) is 4.74 Å². The Balaban J connectivity index is 2.07. The van der Waals surface area contributed by atoms with E-state index in [2.05, 4.69) is 11.9 Å². The molecule has 2 aliphatic rings. The van der Waals surface area contributed by atoms with Gasteiger partial charge in [0.25, 0.3) is 0 Å². The van der Waals surface area contributed by atoms with Gasteiger partial charge < -0.3 is 9.64 Å². The Labute approximate surface area is 91.8 Å². The number of hydrogen-bond donors (Lipinski definition) is 0. The molecule has 86 valence electrons. The summed E-state index contributed by atoms with van der Waals surface area (Å²) in [5.74, 6) is 0.466. The third kappa shape index (κ3) is 2.08. The molecule has 0 amide bonds. The van der Waals surface area contributed by atoms with E-state index < -0.39 is 0 Å². The van der Waals surface area contributed by atoms with Crippen LogP contribution in [0, 0.1) is 5.92 Å². The molecule has 0 aromatic heterocycles. The fourth-order valence-corrected chi connectivity index (χ4v) is 2.60. The van der Waals surface area contributed by atoms with Crippen molar-refractivity contribution in [3.8, 4) is 0 Å². The van der Waals surface area contributed by atoms with Crippen LogP contribution in [-0.2, 0) is 9.53 Å². The van der Waals surface area contributed by atoms with Crippen LogP contribution in [-0.4, -0.2) is 42.5 Å². The highest BCUT2D eigenvalue weighted by Crippen LogP contribution is 2.37. The first-order valence-corrected chi connectivity index (χ1v) is 5.91. The molecular formula is C12H21NO2. The van der Waals surface area contributed by atoms with E-state index in [0.717, 1.165) is 25.9 Å². The first-order chi connectivity index (χ1) is 7.02. The van der Waals surface area contributed by atoms with Crippen molar-refractivity contribution >= 4 is 5.78 Å². The van der Waals surface area contributed by atoms with Gasteiger partial charge in [0.15, 0.2) is 0 Å². The standard InChI is InChI=1S/C12H21NO2/c1-9-10(2)15-12(8-11(9)14)4-6-13(3)7-5-12/h9-10H,4-8H2,1-3H3. The minimum atomic E-state index is -0.129. The molecule has 0 radical (unpaired) electrons. The van der Waals surface area contributed by atoms with E-state index in [-0.39, 0.29) is 17.6 Å². The highest BCUT2D eigenvalue weighted by atomic mass is 16.5. The fraction of sp³-hybridized carbons (Fsp3) is 0.917. The largest absolute Gasteiger partial charge is 0.371 e. The average Bonchev–Trinajstić information content (AvgIpc) is 2.20. The van der Waals surface area contributed by atoms with Crippen molar-refractivity contribution in [1.29, 1.82) is 0 Å². The lowest BCUT2D eigenvalue weighted by Crippen LogP contribution is -2.53. The lowest BCUT2D eigenvalue weighted by Gasteiger charge is -2.46. The quantitative estimate of drug-likeness (QED) is 0.607. The molecule has 0 aromatic carbocycles. The van der Waals surface area contributed by atoms with E-state index in [0.29, 0.717) is 12.2 Å². The molecule has 2 atom stereocenters. The van der Waals surface area contributed by atoms with Gasteiger partial charge in [-0.2, -0.15) is 0 Å². The monoisotopic (exact) mass is 211 g/mol. The Morgan fingerprint density at radius 3 is 2.47 bits per heavy atom. The number of rotatable bonds is 0. The van der Waals surface area contributed by atoms with Crippen LogP contribution in [0.15, 0.2) is 0 Å². The fourth-order valence-electron chi connectivity index (χ4n) is 2.60. The summed E-state index contributed by atoms with van der Waals surface area (Å²) in [5.41, 5.74) is -0.129. The van der Waals surface area contributed by atoms with Gasteiger partial charge >= 0.3 is 0 Å². The van der Waals surface area contributed by atoms with Gasteiger partial charge in [0.2, 0.25) is 0 Å². The molecule has 0 bridgehead atoms. The first-order valence-electron chi connectivity index (χ1n) is 5.91. The summed E-state index contributed by atoms with van der Waals surface area (Å²) in [6.07, 6.45) is 2.74. The molecule has 3 heteroatoms. The first kappa shape index (κ1) is 11.1. The number of carbonyl (C=O) groups excluding carboxylic acids is 1. The molecular weight excluding hydrogens is 190 g/mol. The van der Waals surface area contributed by atoms with Crippen molar-refractivity contribution in [1.82, 2.24) is 4.90 Å². The third-order valence-corrected chi connectivity index (χ3v) is 4.04. The van der Waals surface area contributed by atoms with E-state index in [1.165, 1.54) is 0 Å². The average molecular weight is 211 g/mol. The van der Waals surface area contributed by atoms with E-state index in [9.17, 15) is 4.79 Å².